The predicted molar refractivity (Wildman–Crippen MR) is 103 cm³/mol. The third-order valence-corrected chi connectivity index (χ3v) is 6.23. The number of hydrogen-bond acceptors (Lipinski definition) is 5. The predicted octanol–water partition coefficient (Wildman–Crippen LogP) is 4.10. The highest BCUT2D eigenvalue weighted by Crippen LogP contribution is 2.34. The van der Waals surface area contributed by atoms with Gasteiger partial charge in [-0.1, -0.05) is 26.0 Å². The zero-order valence-corrected chi connectivity index (χ0v) is 15.5. The van der Waals surface area contributed by atoms with E-state index in [0.29, 0.717) is 6.54 Å². The van der Waals surface area contributed by atoms with Crippen molar-refractivity contribution < 1.29 is 4.79 Å². The summed E-state index contributed by atoms with van der Waals surface area (Å²) in [7, 11) is 0. The van der Waals surface area contributed by atoms with Crippen molar-refractivity contribution in [2.24, 2.45) is 0 Å². The fraction of sp³-hybridized carbons (Fsp3) is 0.333. The molecule has 0 aliphatic heterocycles. The smallest absolute Gasteiger partial charge is 0.261 e. The summed E-state index contributed by atoms with van der Waals surface area (Å²) in [5.41, 5.74) is 1.01. The molecule has 0 atom stereocenters. The van der Waals surface area contributed by atoms with Crippen molar-refractivity contribution in [3.8, 4) is 9.88 Å². The maximum absolute atomic E-state index is 12.3. The summed E-state index contributed by atoms with van der Waals surface area (Å²) in [6, 6.07) is 12.0. The molecule has 1 aromatic carbocycles. The van der Waals surface area contributed by atoms with Crippen LogP contribution in [0.4, 0.5) is 0 Å². The first-order valence-corrected chi connectivity index (χ1v) is 9.81. The van der Waals surface area contributed by atoms with Crippen LogP contribution in [0.2, 0.25) is 0 Å². The molecule has 0 aliphatic carbocycles. The van der Waals surface area contributed by atoms with Crippen LogP contribution in [0, 0.1) is 0 Å². The average Bonchev–Trinajstić information content (AvgIpc) is 3.24. The summed E-state index contributed by atoms with van der Waals surface area (Å²) >= 11 is 3.17. The van der Waals surface area contributed by atoms with Crippen molar-refractivity contribution in [1.29, 1.82) is 0 Å². The second-order valence-electron chi connectivity index (χ2n) is 5.43. The molecule has 2 aromatic heterocycles. The van der Waals surface area contributed by atoms with Crippen LogP contribution in [0.5, 0.6) is 0 Å². The van der Waals surface area contributed by atoms with Crippen LogP contribution in [0.15, 0.2) is 36.4 Å². The number of fused-ring (bicyclic) bond motifs is 1. The molecule has 4 nitrogen and oxygen atoms in total. The Bertz CT molecular complexity index is 787. The van der Waals surface area contributed by atoms with E-state index in [1.165, 1.54) is 16.0 Å². The number of thiazole rings is 1. The van der Waals surface area contributed by atoms with Crippen molar-refractivity contribution in [3.05, 3.63) is 41.3 Å². The highest BCUT2D eigenvalue weighted by Gasteiger charge is 2.13. The molecule has 0 saturated carbocycles. The van der Waals surface area contributed by atoms with Gasteiger partial charge in [0.05, 0.1) is 20.0 Å². The number of carbonyl (C=O) groups is 1. The SMILES string of the molecule is CCN(CC)CCNC(=O)c1ccc(-c2nc3ccccc3s2)s1. The molecule has 3 aromatic rings. The lowest BCUT2D eigenvalue weighted by Gasteiger charge is -2.17. The van der Waals surface area contributed by atoms with Gasteiger partial charge in [-0.15, -0.1) is 22.7 Å². The standard InChI is InChI=1S/C18H21N3OS2/c1-3-21(4-2)12-11-19-17(22)15-9-10-16(23-15)18-20-13-7-5-6-8-14(13)24-18/h5-10H,3-4,11-12H2,1-2H3,(H,19,22). The normalized spacial score (nSPS) is 11.3. The second-order valence-corrected chi connectivity index (χ2v) is 7.55. The van der Waals surface area contributed by atoms with E-state index >= 15 is 0 Å². The summed E-state index contributed by atoms with van der Waals surface area (Å²) in [6.45, 7) is 7.84. The molecule has 24 heavy (non-hydrogen) atoms. The number of hydrogen-bond donors (Lipinski definition) is 1. The fourth-order valence-electron chi connectivity index (χ4n) is 2.51. The zero-order valence-electron chi connectivity index (χ0n) is 13.9. The van der Waals surface area contributed by atoms with Gasteiger partial charge in [-0.25, -0.2) is 4.98 Å². The van der Waals surface area contributed by atoms with E-state index in [1.54, 1.807) is 11.3 Å². The summed E-state index contributed by atoms with van der Waals surface area (Å²) in [4.78, 5) is 21.0. The molecule has 3 rings (SSSR count). The molecule has 0 aliphatic rings. The van der Waals surface area contributed by atoms with Gasteiger partial charge < -0.3 is 10.2 Å². The quantitative estimate of drug-likeness (QED) is 0.691. The highest BCUT2D eigenvalue weighted by atomic mass is 32.1. The minimum atomic E-state index is -0.000447. The van der Waals surface area contributed by atoms with Gasteiger partial charge in [-0.2, -0.15) is 0 Å². The van der Waals surface area contributed by atoms with Crippen LogP contribution >= 0.6 is 22.7 Å². The third kappa shape index (κ3) is 3.83. The van der Waals surface area contributed by atoms with E-state index in [-0.39, 0.29) is 5.91 Å². The largest absolute Gasteiger partial charge is 0.350 e. The summed E-state index contributed by atoms with van der Waals surface area (Å²) in [6.07, 6.45) is 0. The number of benzene rings is 1. The van der Waals surface area contributed by atoms with E-state index in [1.807, 2.05) is 30.3 Å². The van der Waals surface area contributed by atoms with Crippen LogP contribution in [-0.4, -0.2) is 42.0 Å². The minimum Gasteiger partial charge on any atom is -0.350 e. The number of amides is 1. The Hall–Kier alpha value is -1.76. The molecule has 1 amide bonds. The maximum atomic E-state index is 12.3. The Morgan fingerprint density at radius 1 is 1.12 bits per heavy atom. The van der Waals surface area contributed by atoms with Crippen molar-refractivity contribution in [2.45, 2.75) is 13.8 Å². The lowest BCUT2D eigenvalue weighted by atomic mass is 10.3. The van der Waals surface area contributed by atoms with E-state index in [0.717, 1.165) is 39.9 Å². The molecule has 0 saturated heterocycles. The molecule has 6 heteroatoms. The zero-order chi connectivity index (χ0) is 16.9. The monoisotopic (exact) mass is 359 g/mol. The molecule has 0 radical (unpaired) electrons. The van der Waals surface area contributed by atoms with Gasteiger partial charge in [0.1, 0.15) is 5.01 Å². The van der Waals surface area contributed by atoms with Gasteiger partial charge >= 0.3 is 0 Å². The number of likely N-dealkylation sites (N-methyl/N-ethyl adjacent to an activating group) is 1. The lowest BCUT2D eigenvalue weighted by molar-refractivity contribution is 0.0953. The van der Waals surface area contributed by atoms with E-state index in [2.05, 4.69) is 35.1 Å². The second kappa shape index (κ2) is 7.88. The lowest BCUT2D eigenvalue weighted by Crippen LogP contribution is -2.34. The number of thiophene rings is 1. The van der Waals surface area contributed by atoms with Crippen LogP contribution in [0.1, 0.15) is 23.5 Å². The Labute approximate surface area is 150 Å². The van der Waals surface area contributed by atoms with Crippen LogP contribution < -0.4 is 5.32 Å². The Morgan fingerprint density at radius 3 is 2.67 bits per heavy atom. The van der Waals surface area contributed by atoms with Crippen molar-refractivity contribution >= 4 is 38.8 Å². The first-order chi connectivity index (χ1) is 11.7. The molecule has 2 heterocycles. The maximum Gasteiger partial charge on any atom is 0.261 e. The van der Waals surface area contributed by atoms with Crippen LogP contribution in [0.3, 0.4) is 0 Å². The fourth-order valence-corrected chi connectivity index (χ4v) is 4.45. The number of rotatable bonds is 7. The Balaban J connectivity index is 1.65. The molecule has 0 fully saturated rings. The molecule has 126 valence electrons. The first-order valence-electron chi connectivity index (χ1n) is 8.17. The summed E-state index contributed by atoms with van der Waals surface area (Å²) in [5, 5.41) is 3.98. The van der Waals surface area contributed by atoms with Crippen LogP contribution in [-0.2, 0) is 0 Å². The van der Waals surface area contributed by atoms with Crippen molar-refractivity contribution in [3.63, 3.8) is 0 Å². The number of carbonyl (C=O) groups excluding carboxylic acids is 1. The topological polar surface area (TPSA) is 45.2 Å². The number of para-hydroxylation sites is 1. The van der Waals surface area contributed by atoms with Crippen molar-refractivity contribution in [1.82, 2.24) is 15.2 Å². The van der Waals surface area contributed by atoms with Gasteiger partial charge in [0.2, 0.25) is 0 Å². The number of aromatic nitrogens is 1. The van der Waals surface area contributed by atoms with E-state index < -0.39 is 0 Å². The van der Waals surface area contributed by atoms with Gasteiger partial charge in [0.25, 0.3) is 5.91 Å². The number of nitrogens with one attached hydrogen (secondary N) is 1. The van der Waals surface area contributed by atoms with Gasteiger partial charge in [-0.3, -0.25) is 4.79 Å². The molecular weight excluding hydrogens is 338 g/mol. The molecule has 1 N–H and O–H groups in total. The molecule has 0 spiro atoms. The Morgan fingerprint density at radius 2 is 1.92 bits per heavy atom. The number of nitrogens with zero attached hydrogens (tertiary/aromatic N) is 2. The summed E-state index contributed by atoms with van der Waals surface area (Å²) < 4.78 is 1.17. The van der Waals surface area contributed by atoms with Gasteiger partial charge in [-0.05, 0) is 37.4 Å². The van der Waals surface area contributed by atoms with E-state index in [4.69, 9.17) is 0 Å². The molecule has 0 bridgehead atoms. The molecule has 0 unspecified atom stereocenters. The summed E-state index contributed by atoms with van der Waals surface area (Å²) in [5.74, 6) is -0.000447. The van der Waals surface area contributed by atoms with Gasteiger partial charge in [0.15, 0.2) is 0 Å². The van der Waals surface area contributed by atoms with Crippen LogP contribution in [0.25, 0.3) is 20.1 Å². The first kappa shape index (κ1) is 17.1. The average molecular weight is 360 g/mol. The van der Waals surface area contributed by atoms with Crippen molar-refractivity contribution in [2.75, 3.05) is 26.2 Å². The van der Waals surface area contributed by atoms with E-state index in [9.17, 15) is 4.79 Å². The highest BCUT2D eigenvalue weighted by molar-refractivity contribution is 7.26. The molecular formula is C18H21N3OS2. The van der Waals surface area contributed by atoms with Gasteiger partial charge in [0, 0.05) is 13.1 Å². The minimum absolute atomic E-state index is 0.000447. The Kier molecular flexibility index (Phi) is 5.60. The third-order valence-electron chi connectivity index (χ3n) is 3.94.